The molecule has 1 saturated heterocycles. The van der Waals surface area contributed by atoms with Crippen LogP contribution in [-0.4, -0.2) is 40.5 Å². The summed E-state index contributed by atoms with van der Waals surface area (Å²) in [6.07, 6.45) is 3.16. The van der Waals surface area contributed by atoms with Gasteiger partial charge in [0.15, 0.2) is 0 Å². The lowest BCUT2D eigenvalue weighted by Crippen LogP contribution is -2.41. The Morgan fingerprint density at radius 2 is 1.88 bits per heavy atom. The first-order chi connectivity index (χ1) is 11.3. The monoisotopic (exact) mass is 328 g/mol. The molecule has 128 valence electrons. The fourth-order valence-electron chi connectivity index (χ4n) is 3.15. The van der Waals surface area contributed by atoms with Crippen molar-refractivity contribution in [2.75, 3.05) is 13.1 Å². The molecule has 0 aliphatic carbocycles. The average molecular weight is 328 g/mol. The van der Waals surface area contributed by atoms with Crippen molar-refractivity contribution in [3.8, 4) is 0 Å². The molecule has 0 atom stereocenters. The Labute approximate surface area is 142 Å². The van der Waals surface area contributed by atoms with E-state index in [4.69, 9.17) is 4.74 Å². The maximum absolute atomic E-state index is 12.8. The summed E-state index contributed by atoms with van der Waals surface area (Å²) in [6, 6.07) is 7.63. The number of H-pyrrole nitrogens is 1. The molecule has 5 nitrogen and oxygen atoms in total. The Balaban J connectivity index is 1.65. The normalized spacial score (nSPS) is 16.4. The Morgan fingerprint density at radius 1 is 1.17 bits per heavy atom. The molecule has 1 aromatic heterocycles. The van der Waals surface area contributed by atoms with E-state index in [1.54, 1.807) is 0 Å². The van der Waals surface area contributed by atoms with Crippen LogP contribution in [-0.2, 0) is 9.53 Å². The molecule has 0 bridgehead atoms. The smallest absolute Gasteiger partial charge is 0.309 e. The number of esters is 1. The second-order valence-electron chi connectivity index (χ2n) is 7.34. The Morgan fingerprint density at radius 3 is 2.54 bits per heavy atom. The van der Waals surface area contributed by atoms with Crippen molar-refractivity contribution >= 4 is 22.8 Å². The van der Waals surface area contributed by atoms with Crippen LogP contribution in [0.5, 0.6) is 0 Å². The van der Waals surface area contributed by atoms with E-state index < -0.39 is 5.60 Å². The van der Waals surface area contributed by atoms with Gasteiger partial charge < -0.3 is 14.6 Å². The van der Waals surface area contributed by atoms with Gasteiger partial charge in [0, 0.05) is 35.8 Å². The highest BCUT2D eigenvalue weighted by Gasteiger charge is 2.31. The molecule has 1 aliphatic rings. The number of amides is 1. The topological polar surface area (TPSA) is 62.4 Å². The third-order valence-electron chi connectivity index (χ3n) is 4.35. The summed E-state index contributed by atoms with van der Waals surface area (Å²) in [6.45, 7) is 6.80. The number of aromatic nitrogens is 1. The minimum Gasteiger partial charge on any atom is -0.460 e. The third-order valence-corrected chi connectivity index (χ3v) is 4.35. The van der Waals surface area contributed by atoms with E-state index >= 15 is 0 Å². The highest BCUT2D eigenvalue weighted by atomic mass is 16.6. The summed E-state index contributed by atoms with van der Waals surface area (Å²) in [7, 11) is 0. The number of likely N-dealkylation sites (tertiary alicyclic amines) is 1. The van der Waals surface area contributed by atoms with E-state index in [2.05, 4.69) is 4.98 Å². The zero-order chi connectivity index (χ0) is 17.3. The standard InChI is InChI=1S/C19H24N2O3/c1-19(2,3)24-18(23)13-8-11-21(12-9-13)17(22)15-5-4-6-16-14(15)7-10-20-16/h4-7,10,13,20H,8-9,11-12H2,1-3H3. The van der Waals surface area contributed by atoms with Crippen LogP contribution in [0.3, 0.4) is 0 Å². The van der Waals surface area contributed by atoms with Gasteiger partial charge in [-0.25, -0.2) is 0 Å². The lowest BCUT2D eigenvalue weighted by Gasteiger charge is -2.32. The number of piperidine rings is 1. The largest absolute Gasteiger partial charge is 0.460 e. The summed E-state index contributed by atoms with van der Waals surface area (Å²) < 4.78 is 5.46. The van der Waals surface area contributed by atoms with Gasteiger partial charge in [0.05, 0.1) is 5.92 Å². The van der Waals surface area contributed by atoms with Crippen molar-refractivity contribution in [3.05, 3.63) is 36.0 Å². The van der Waals surface area contributed by atoms with Gasteiger partial charge in [-0.3, -0.25) is 9.59 Å². The van der Waals surface area contributed by atoms with E-state index in [1.807, 2.05) is 56.1 Å². The van der Waals surface area contributed by atoms with Crippen molar-refractivity contribution in [2.45, 2.75) is 39.2 Å². The van der Waals surface area contributed by atoms with Crippen molar-refractivity contribution in [2.24, 2.45) is 5.92 Å². The van der Waals surface area contributed by atoms with Gasteiger partial charge in [-0.15, -0.1) is 0 Å². The summed E-state index contributed by atoms with van der Waals surface area (Å²) >= 11 is 0. The molecule has 0 radical (unpaired) electrons. The number of fused-ring (bicyclic) bond motifs is 1. The summed E-state index contributed by atoms with van der Waals surface area (Å²) in [5.41, 5.74) is 1.21. The molecule has 0 spiro atoms. The molecular weight excluding hydrogens is 304 g/mol. The van der Waals surface area contributed by atoms with Crippen molar-refractivity contribution in [1.29, 1.82) is 0 Å². The predicted octanol–water partition coefficient (Wildman–Crippen LogP) is 3.36. The molecule has 24 heavy (non-hydrogen) atoms. The van der Waals surface area contributed by atoms with E-state index in [9.17, 15) is 9.59 Å². The lowest BCUT2D eigenvalue weighted by molar-refractivity contribution is -0.161. The van der Waals surface area contributed by atoms with Crippen LogP contribution < -0.4 is 0 Å². The number of hydrogen-bond donors (Lipinski definition) is 1. The number of hydrogen-bond acceptors (Lipinski definition) is 3. The zero-order valence-corrected chi connectivity index (χ0v) is 14.5. The van der Waals surface area contributed by atoms with E-state index in [0.29, 0.717) is 31.5 Å². The second kappa shape index (κ2) is 6.30. The molecular formula is C19H24N2O3. The highest BCUT2D eigenvalue weighted by molar-refractivity contribution is 6.06. The zero-order valence-electron chi connectivity index (χ0n) is 14.5. The van der Waals surface area contributed by atoms with E-state index in [0.717, 1.165) is 10.9 Å². The van der Waals surface area contributed by atoms with Crippen LogP contribution in [0.2, 0.25) is 0 Å². The molecule has 1 fully saturated rings. The number of nitrogens with zero attached hydrogens (tertiary/aromatic N) is 1. The van der Waals surface area contributed by atoms with Crippen LogP contribution in [0.4, 0.5) is 0 Å². The number of aromatic amines is 1. The summed E-state index contributed by atoms with van der Waals surface area (Å²) in [5.74, 6) is -0.235. The van der Waals surface area contributed by atoms with Crippen molar-refractivity contribution in [1.82, 2.24) is 9.88 Å². The molecule has 5 heteroatoms. The quantitative estimate of drug-likeness (QED) is 0.860. The predicted molar refractivity (Wildman–Crippen MR) is 92.8 cm³/mol. The van der Waals surface area contributed by atoms with Gasteiger partial charge >= 0.3 is 5.97 Å². The Kier molecular flexibility index (Phi) is 4.35. The van der Waals surface area contributed by atoms with Gasteiger partial charge in [0.1, 0.15) is 5.60 Å². The van der Waals surface area contributed by atoms with Crippen LogP contribution in [0.25, 0.3) is 10.9 Å². The molecule has 3 rings (SSSR count). The minimum atomic E-state index is -0.464. The molecule has 1 aromatic carbocycles. The first-order valence-electron chi connectivity index (χ1n) is 8.43. The molecule has 0 unspecified atom stereocenters. The lowest BCUT2D eigenvalue weighted by atomic mass is 9.96. The summed E-state index contributed by atoms with van der Waals surface area (Å²) in [5, 5.41) is 0.941. The number of carbonyl (C=O) groups excluding carboxylic acids is 2. The SMILES string of the molecule is CC(C)(C)OC(=O)C1CCN(C(=O)c2cccc3[nH]ccc23)CC1. The first-order valence-corrected chi connectivity index (χ1v) is 8.43. The van der Waals surface area contributed by atoms with Gasteiger partial charge in [0.2, 0.25) is 0 Å². The molecule has 1 aliphatic heterocycles. The van der Waals surface area contributed by atoms with Gasteiger partial charge in [0.25, 0.3) is 5.91 Å². The molecule has 2 heterocycles. The summed E-state index contributed by atoms with van der Waals surface area (Å²) in [4.78, 5) is 29.9. The molecule has 0 saturated carbocycles. The fourth-order valence-corrected chi connectivity index (χ4v) is 3.15. The van der Waals surface area contributed by atoms with Gasteiger partial charge in [-0.2, -0.15) is 0 Å². The van der Waals surface area contributed by atoms with Crippen LogP contribution in [0.1, 0.15) is 44.0 Å². The number of nitrogens with one attached hydrogen (secondary N) is 1. The molecule has 2 aromatic rings. The molecule has 1 N–H and O–H groups in total. The number of ether oxygens (including phenoxy) is 1. The number of benzene rings is 1. The maximum atomic E-state index is 12.8. The molecule has 1 amide bonds. The second-order valence-corrected chi connectivity index (χ2v) is 7.34. The van der Waals surface area contributed by atoms with E-state index in [1.165, 1.54) is 0 Å². The fraction of sp³-hybridized carbons (Fsp3) is 0.474. The van der Waals surface area contributed by atoms with Crippen LogP contribution in [0, 0.1) is 5.92 Å². The first kappa shape index (κ1) is 16.6. The average Bonchev–Trinajstić information content (AvgIpc) is 3.01. The van der Waals surface area contributed by atoms with Crippen LogP contribution in [0.15, 0.2) is 30.5 Å². The Bertz CT molecular complexity index is 749. The maximum Gasteiger partial charge on any atom is 0.309 e. The minimum absolute atomic E-state index is 0.0304. The van der Waals surface area contributed by atoms with Gasteiger partial charge in [-0.1, -0.05) is 6.07 Å². The van der Waals surface area contributed by atoms with Crippen molar-refractivity contribution < 1.29 is 14.3 Å². The highest BCUT2D eigenvalue weighted by Crippen LogP contribution is 2.25. The van der Waals surface area contributed by atoms with Crippen molar-refractivity contribution in [3.63, 3.8) is 0 Å². The van der Waals surface area contributed by atoms with Gasteiger partial charge in [-0.05, 0) is 51.8 Å². The number of carbonyl (C=O) groups is 2. The number of rotatable bonds is 2. The van der Waals surface area contributed by atoms with E-state index in [-0.39, 0.29) is 17.8 Å². The Hall–Kier alpha value is -2.30. The van der Waals surface area contributed by atoms with Crippen LogP contribution >= 0.6 is 0 Å². The third kappa shape index (κ3) is 3.45.